The molecule has 2 atom stereocenters. The molecule has 2 aromatic carbocycles. The van der Waals surface area contributed by atoms with E-state index in [2.05, 4.69) is 46.1 Å². The lowest BCUT2D eigenvalue weighted by atomic mass is 9.97. The van der Waals surface area contributed by atoms with Crippen molar-refractivity contribution in [2.24, 2.45) is 5.10 Å². The number of unbranched alkanes of at least 4 members (excludes halogenated alkanes) is 3. The average Bonchev–Trinajstić information content (AvgIpc) is 3.46. The molecule has 3 aromatic rings. The highest BCUT2D eigenvalue weighted by Gasteiger charge is 2.41. The zero-order valence-corrected chi connectivity index (χ0v) is 20.7. The number of rotatable bonds is 8. The second-order valence-electron chi connectivity index (χ2n) is 8.69. The van der Waals surface area contributed by atoms with Gasteiger partial charge in [-0.05, 0) is 67.9 Å². The molecule has 172 valence electrons. The Hall–Kier alpha value is -2.73. The van der Waals surface area contributed by atoms with Crippen LogP contribution in [0.3, 0.4) is 0 Å². The molecule has 0 unspecified atom stereocenters. The Kier molecular flexibility index (Phi) is 6.45. The summed E-state index contributed by atoms with van der Waals surface area (Å²) < 4.78 is 19.3. The lowest BCUT2D eigenvalue weighted by molar-refractivity contribution is -0.0191. The Balaban J connectivity index is 1.39. The van der Waals surface area contributed by atoms with Gasteiger partial charge in [0, 0.05) is 22.0 Å². The van der Waals surface area contributed by atoms with E-state index >= 15 is 0 Å². The highest BCUT2D eigenvalue weighted by molar-refractivity contribution is 9.10. The molecule has 0 N–H and O–H groups in total. The van der Waals surface area contributed by atoms with Gasteiger partial charge in [0.05, 0.1) is 12.6 Å². The van der Waals surface area contributed by atoms with Crippen LogP contribution in [-0.4, -0.2) is 17.3 Å². The van der Waals surface area contributed by atoms with Crippen molar-refractivity contribution in [3.63, 3.8) is 0 Å². The topological polar surface area (TPSA) is 47.2 Å². The number of halogens is 1. The standard InChI is InChI=1S/C27H29BrN2O3/c1-3-4-5-6-15-31-21-11-8-19(9-12-21)27-30-24(22-16-20(28)10-14-25(22)33-27)17-23(29-30)26-13-7-18(2)32-26/h7-14,16,24,27H,3-6,15,17H2,1-2H3/t24-,27+/m1/s1. The summed E-state index contributed by atoms with van der Waals surface area (Å²) >= 11 is 3.61. The van der Waals surface area contributed by atoms with Gasteiger partial charge >= 0.3 is 0 Å². The molecule has 5 rings (SSSR count). The third kappa shape index (κ3) is 4.67. The number of ether oxygens (including phenoxy) is 2. The lowest BCUT2D eigenvalue weighted by Crippen LogP contribution is -2.33. The van der Waals surface area contributed by atoms with Crippen LogP contribution in [0.15, 0.2) is 68.6 Å². The molecule has 2 aliphatic heterocycles. The predicted molar refractivity (Wildman–Crippen MR) is 133 cm³/mol. The Morgan fingerprint density at radius 1 is 1.06 bits per heavy atom. The second-order valence-corrected chi connectivity index (χ2v) is 9.60. The zero-order valence-electron chi connectivity index (χ0n) is 19.1. The van der Waals surface area contributed by atoms with Gasteiger partial charge in [-0.15, -0.1) is 0 Å². The van der Waals surface area contributed by atoms with E-state index in [-0.39, 0.29) is 12.3 Å². The van der Waals surface area contributed by atoms with E-state index in [0.29, 0.717) is 0 Å². The number of furan rings is 1. The normalized spacial score (nSPS) is 19.0. The first-order valence-corrected chi connectivity index (χ1v) is 12.5. The van der Waals surface area contributed by atoms with Crippen molar-refractivity contribution >= 4 is 21.6 Å². The molecule has 0 bridgehead atoms. The van der Waals surface area contributed by atoms with Gasteiger partial charge in [0.2, 0.25) is 6.23 Å². The summed E-state index contributed by atoms with van der Waals surface area (Å²) in [7, 11) is 0. The maximum atomic E-state index is 6.47. The molecule has 0 saturated heterocycles. The fraction of sp³-hybridized carbons (Fsp3) is 0.370. The van der Waals surface area contributed by atoms with Gasteiger partial charge in [-0.25, -0.2) is 5.01 Å². The molecule has 5 nitrogen and oxygen atoms in total. The van der Waals surface area contributed by atoms with Crippen LogP contribution >= 0.6 is 15.9 Å². The van der Waals surface area contributed by atoms with Gasteiger partial charge in [-0.1, -0.05) is 42.1 Å². The lowest BCUT2D eigenvalue weighted by Gasteiger charge is -2.38. The minimum atomic E-state index is -0.309. The van der Waals surface area contributed by atoms with Gasteiger partial charge in [0.25, 0.3) is 0 Å². The van der Waals surface area contributed by atoms with Crippen LogP contribution in [0.1, 0.15) is 73.9 Å². The van der Waals surface area contributed by atoms with E-state index in [9.17, 15) is 0 Å². The van der Waals surface area contributed by atoms with E-state index in [0.717, 1.165) is 63.8 Å². The van der Waals surface area contributed by atoms with Crippen LogP contribution in [0.4, 0.5) is 0 Å². The van der Waals surface area contributed by atoms with E-state index < -0.39 is 0 Å². The SMILES string of the molecule is CCCCCCOc1ccc([C@@H]2Oc3ccc(Br)cc3[C@H]3CC(c4ccc(C)o4)=NN32)cc1. The summed E-state index contributed by atoms with van der Waals surface area (Å²) in [4.78, 5) is 0. The summed E-state index contributed by atoms with van der Waals surface area (Å²) in [6.45, 7) is 4.93. The smallest absolute Gasteiger partial charge is 0.213 e. The summed E-state index contributed by atoms with van der Waals surface area (Å²) in [5.41, 5.74) is 3.13. The Bertz CT molecular complexity index is 1140. The van der Waals surface area contributed by atoms with Gasteiger partial charge in [0.15, 0.2) is 0 Å². The quantitative estimate of drug-likeness (QED) is 0.294. The van der Waals surface area contributed by atoms with Crippen LogP contribution < -0.4 is 9.47 Å². The first kappa shape index (κ1) is 22.1. The molecule has 0 amide bonds. The van der Waals surface area contributed by atoms with Gasteiger partial charge in [0.1, 0.15) is 28.7 Å². The second kappa shape index (κ2) is 9.64. The summed E-state index contributed by atoms with van der Waals surface area (Å²) in [6.07, 6.45) is 5.26. The molecule has 3 heterocycles. The van der Waals surface area contributed by atoms with E-state index in [1.54, 1.807) is 0 Å². The zero-order chi connectivity index (χ0) is 22.8. The highest BCUT2D eigenvalue weighted by atomic mass is 79.9. The van der Waals surface area contributed by atoms with Gasteiger partial charge in [-0.3, -0.25) is 0 Å². The van der Waals surface area contributed by atoms with Crippen LogP contribution in [0.2, 0.25) is 0 Å². The molecule has 0 saturated carbocycles. The van der Waals surface area contributed by atoms with Gasteiger partial charge < -0.3 is 13.9 Å². The van der Waals surface area contributed by atoms with Gasteiger partial charge in [-0.2, -0.15) is 5.10 Å². The molecular weight excluding hydrogens is 480 g/mol. The summed E-state index contributed by atoms with van der Waals surface area (Å²) in [5.74, 6) is 3.50. The fourth-order valence-corrected chi connectivity index (χ4v) is 4.84. The number of fused-ring (bicyclic) bond motifs is 3. The maximum Gasteiger partial charge on any atom is 0.213 e. The Morgan fingerprint density at radius 2 is 1.91 bits per heavy atom. The Morgan fingerprint density at radius 3 is 2.67 bits per heavy atom. The molecule has 0 fully saturated rings. The monoisotopic (exact) mass is 508 g/mol. The van der Waals surface area contributed by atoms with Crippen molar-refractivity contribution in [3.05, 3.63) is 81.7 Å². The molecule has 6 heteroatoms. The van der Waals surface area contributed by atoms with Crippen molar-refractivity contribution in [2.45, 2.75) is 58.2 Å². The number of nitrogens with zero attached hydrogens (tertiary/aromatic N) is 2. The molecule has 0 aliphatic carbocycles. The summed E-state index contributed by atoms with van der Waals surface area (Å²) in [6, 6.07) is 18.5. The third-order valence-corrected chi connectivity index (χ3v) is 6.70. The first-order chi connectivity index (χ1) is 16.1. The third-order valence-electron chi connectivity index (χ3n) is 6.21. The van der Waals surface area contributed by atoms with Crippen LogP contribution in [0, 0.1) is 6.92 Å². The molecule has 0 spiro atoms. The minimum absolute atomic E-state index is 0.0890. The van der Waals surface area contributed by atoms with Crippen LogP contribution in [-0.2, 0) is 0 Å². The number of benzene rings is 2. The molecule has 0 radical (unpaired) electrons. The van der Waals surface area contributed by atoms with Crippen molar-refractivity contribution in [1.82, 2.24) is 5.01 Å². The van der Waals surface area contributed by atoms with Crippen molar-refractivity contribution < 1.29 is 13.9 Å². The van der Waals surface area contributed by atoms with Crippen LogP contribution in [0.25, 0.3) is 0 Å². The maximum absolute atomic E-state index is 6.47. The summed E-state index contributed by atoms with van der Waals surface area (Å²) in [5, 5.41) is 7.04. The number of hydrazone groups is 1. The molecule has 2 aliphatic rings. The van der Waals surface area contributed by atoms with E-state index in [4.69, 9.17) is 19.0 Å². The highest BCUT2D eigenvalue weighted by Crippen LogP contribution is 2.48. The van der Waals surface area contributed by atoms with Crippen molar-refractivity contribution in [3.8, 4) is 11.5 Å². The van der Waals surface area contributed by atoms with E-state index in [1.165, 1.54) is 19.3 Å². The minimum Gasteiger partial charge on any atom is -0.494 e. The average molecular weight is 509 g/mol. The first-order valence-electron chi connectivity index (χ1n) is 11.7. The van der Waals surface area contributed by atoms with Crippen molar-refractivity contribution in [2.75, 3.05) is 6.61 Å². The fourth-order valence-electron chi connectivity index (χ4n) is 4.46. The molecule has 33 heavy (non-hydrogen) atoms. The van der Waals surface area contributed by atoms with Crippen molar-refractivity contribution in [1.29, 1.82) is 0 Å². The number of hydrogen-bond acceptors (Lipinski definition) is 5. The van der Waals surface area contributed by atoms with E-state index in [1.807, 2.05) is 43.3 Å². The Labute approximate surface area is 203 Å². The molecular formula is C27H29BrN2O3. The largest absolute Gasteiger partial charge is 0.494 e. The predicted octanol–water partition coefficient (Wildman–Crippen LogP) is 7.55. The molecule has 1 aromatic heterocycles. The number of aryl methyl sites for hydroxylation is 1. The van der Waals surface area contributed by atoms with Crippen LogP contribution in [0.5, 0.6) is 11.5 Å². The number of hydrogen-bond donors (Lipinski definition) is 0.